The Balaban J connectivity index is 1.95. The highest BCUT2D eigenvalue weighted by atomic mass is 79.9. The van der Waals surface area contributed by atoms with Gasteiger partial charge in [0, 0.05) is 49.3 Å². The van der Waals surface area contributed by atoms with Gasteiger partial charge in [0.2, 0.25) is 0 Å². The molecule has 35 heavy (non-hydrogen) atoms. The maximum absolute atomic E-state index is 6.17. The first-order valence-electron chi connectivity index (χ1n) is 11.9. The second kappa shape index (κ2) is 8.85. The number of hydrogen-bond acceptors (Lipinski definition) is 3. The van der Waals surface area contributed by atoms with E-state index >= 15 is 0 Å². The summed E-state index contributed by atoms with van der Waals surface area (Å²) in [5.41, 5.74) is 13.1. The number of halogens is 1. The number of ether oxygens (including phenoxy) is 1. The highest BCUT2D eigenvalue weighted by molar-refractivity contribution is 9.10. The van der Waals surface area contributed by atoms with Gasteiger partial charge in [-0.1, -0.05) is 42.0 Å². The van der Waals surface area contributed by atoms with Gasteiger partial charge in [-0.05, 0) is 95.9 Å². The van der Waals surface area contributed by atoms with E-state index < -0.39 is 4.51 Å². The lowest BCUT2D eigenvalue weighted by molar-refractivity contribution is 0.147. The van der Waals surface area contributed by atoms with E-state index in [1.54, 1.807) is 7.11 Å². The lowest BCUT2D eigenvalue weighted by Gasteiger charge is -2.43. The number of aryl methyl sites for hydroxylation is 3. The zero-order chi connectivity index (χ0) is 24.9. The van der Waals surface area contributed by atoms with Gasteiger partial charge in [0.1, 0.15) is 0 Å². The van der Waals surface area contributed by atoms with Gasteiger partial charge in [-0.25, -0.2) is 0 Å². The summed E-state index contributed by atoms with van der Waals surface area (Å²) in [6, 6.07) is 21.9. The third-order valence-corrected chi connectivity index (χ3v) is 7.88. The Morgan fingerprint density at radius 1 is 0.914 bits per heavy atom. The van der Waals surface area contributed by atoms with E-state index in [9.17, 15) is 0 Å². The fraction of sp³-hybridized carbons (Fsp3) is 0.226. The summed E-state index contributed by atoms with van der Waals surface area (Å²) in [7, 11) is 5.95. The predicted molar refractivity (Wildman–Crippen MR) is 152 cm³/mol. The van der Waals surface area contributed by atoms with Gasteiger partial charge in [0.25, 0.3) is 0 Å². The Bertz CT molecular complexity index is 1380. The molecule has 0 aromatic heterocycles. The van der Waals surface area contributed by atoms with Crippen LogP contribution >= 0.6 is 15.9 Å². The van der Waals surface area contributed by atoms with Crippen molar-refractivity contribution >= 4 is 38.6 Å². The van der Waals surface area contributed by atoms with E-state index in [0.717, 1.165) is 28.3 Å². The molecule has 1 aliphatic carbocycles. The molecule has 0 bridgehead atoms. The highest BCUT2D eigenvalue weighted by Gasteiger charge is 2.42. The molecule has 5 rings (SSSR count). The quantitative estimate of drug-likeness (QED) is 0.322. The van der Waals surface area contributed by atoms with Gasteiger partial charge in [0.05, 0.1) is 11.4 Å². The van der Waals surface area contributed by atoms with Crippen LogP contribution in [0.25, 0.3) is 5.57 Å². The van der Waals surface area contributed by atoms with Crippen LogP contribution in [0.15, 0.2) is 90.2 Å². The number of para-hydroxylation sites is 1. The fourth-order valence-corrected chi connectivity index (χ4v) is 5.96. The molecule has 3 aromatic carbocycles. The summed E-state index contributed by atoms with van der Waals surface area (Å²) < 4.78 is 5.42. The van der Waals surface area contributed by atoms with Crippen LogP contribution < -0.4 is 9.80 Å². The summed E-state index contributed by atoms with van der Waals surface area (Å²) in [4.78, 5) is 4.51. The summed E-state index contributed by atoms with van der Waals surface area (Å²) in [6.45, 7) is 6.59. The van der Waals surface area contributed by atoms with Crippen LogP contribution in [0.1, 0.15) is 27.8 Å². The van der Waals surface area contributed by atoms with Gasteiger partial charge < -0.3 is 14.5 Å². The average Bonchev–Trinajstić information content (AvgIpc) is 2.83. The molecule has 0 N–H and O–H groups in total. The minimum Gasteiger partial charge on any atom is -0.378 e. The SMILES string of the molecule is COC1(Br)C=CC=C2C1=C(c1c(C)cc(C)cc1C)c1cc(N(C)C)ccc1N2c1ccccc1. The number of alkyl halides is 1. The minimum atomic E-state index is -0.755. The topological polar surface area (TPSA) is 15.7 Å². The highest BCUT2D eigenvalue weighted by Crippen LogP contribution is 2.54. The number of anilines is 3. The van der Waals surface area contributed by atoms with E-state index in [4.69, 9.17) is 4.74 Å². The smallest absolute Gasteiger partial charge is 0.169 e. The van der Waals surface area contributed by atoms with Crippen LogP contribution in [-0.2, 0) is 4.74 Å². The molecule has 2 aliphatic rings. The van der Waals surface area contributed by atoms with Gasteiger partial charge in [-0.15, -0.1) is 0 Å². The lowest BCUT2D eigenvalue weighted by atomic mass is 9.79. The zero-order valence-corrected chi connectivity index (χ0v) is 22.8. The first-order chi connectivity index (χ1) is 16.7. The van der Waals surface area contributed by atoms with E-state index in [-0.39, 0.29) is 0 Å². The summed E-state index contributed by atoms with van der Waals surface area (Å²) in [5, 5.41) is 0. The Kier molecular flexibility index (Phi) is 5.98. The van der Waals surface area contributed by atoms with E-state index in [1.807, 2.05) is 0 Å². The van der Waals surface area contributed by atoms with Crippen molar-refractivity contribution < 1.29 is 4.74 Å². The molecule has 0 fully saturated rings. The number of fused-ring (bicyclic) bond motifs is 2. The van der Waals surface area contributed by atoms with Crippen LogP contribution in [-0.4, -0.2) is 25.7 Å². The van der Waals surface area contributed by atoms with Gasteiger partial charge >= 0.3 is 0 Å². The first-order valence-corrected chi connectivity index (χ1v) is 12.7. The van der Waals surface area contributed by atoms with Crippen molar-refractivity contribution in [1.82, 2.24) is 0 Å². The van der Waals surface area contributed by atoms with Crippen molar-refractivity contribution in [3.8, 4) is 0 Å². The molecule has 0 saturated heterocycles. The zero-order valence-electron chi connectivity index (χ0n) is 21.2. The largest absolute Gasteiger partial charge is 0.378 e. The van der Waals surface area contributed by atoms with Crippen molar-refractivity contribution in [2.45, 2.75) is 25.3 Å². The summed E-state index contributed by atoms with van der Waals surface area (Å²) in [5.74, 6) is 0. The van der Waals surface area contributed by atoms with Crippen molar-refractivity contribution in [2.75, 3.05) is 31.0 Å². The molecule has 0 spiro atoms. The maximum atomic E-state index is 6.17. The Morgan fingerprint density at radius 3 is 2.23 bits per heavy atom. The molecule has 1 aliphatic heterocycles. The second-order valence-electron chi connectivity index (χ2n) is 9.55. The first kappa shape index (κ1) is 23.7. The van der Waals surface area contributed by atoms with Crippen molar-refractivity contribution in [3.05, 3.63) is 118 Å². The van der Waals surface area contributed by atoms with Crippen molar-refractivity contribution in [1.29, 1.82) is 0 Å². The minimum absolute atomic E-state index is 0.755. The lowest BCUT2D eigenvalue weighted by Crippen LogP contribution is -2.36. The Morgan fingerprint density at radius 2 is 1.60 bits per heavy atom. The molecule has 1 heterocycles. The van der Waals surface area contributed by atoms with Crippen LogP contribution in [0.4, 0.5) is 17.1 Å². The third-order valence-electron chi connectivity index (χ3n) is 6.90. The Labute approximate surface area is 217 Å². The van der Waals surface area contributed by atoms with Gasteiger partial charge in [0.15, 0.2) is 4.51 Å². The maximum Gasteiger partial charge on any atom is 0.169 e. The predicted octanol–water partition coefficient (Wildman–Crippen LogP) is 7.82. The summed E-state index contributed by atoms with van der Waals surface area (Å²) in [6.07, 6.45) is 6.37. The van der Waals surface area contributed by atoms with E-state index in [1.165, 1.54) is 33.4 Å². The molecule has 3 nitrogen and oxygen atoms in total. The molecule has 178 valence electrons. The van der Waals surface area contributed by atoms with Crippen LogP contribution in [0, 0.1) is 20.8 Å². The standard InChI is InChI=1S/C31H31BrN2O/c1-20-17-21(2)28(22(3)18-20)29-25-19-24(33(4)5)14-15-26(25)34(23-11-8-7-9-12-23)27-13-10-16-31(32,35-6)30(27)29/h7-19H,1-6H3. The molecule has 1 unspecified atom stereocenters. The van der Waals surface area contributed by atoms with E-state index in [0.29, 0.717) is 0 Å². The monoisotopic (exact) mass is 526 g/mol. The molecule has 4 heteroatoms. The fourth-order valence-electron chi connectivity index (χ4n) is 5.41. The molecule has 1 atom stereocenters. The third kappa shape index (κ3) is 3.85. The second-order valence-corrected chi connectivity index (χ2v) is 10.7. The van der Waals surface area contributed by atoms with Crippen molar-refractivity contribution in [2.24, 2.45) is 0 Å². The summed E-state index contributed by atoms with van der Waals surface area (Å²) >= 11 is 3.99. The molecule has 3 aromatic rings. The van der Waals surface area contributed by atoms with Gasteiger partial charge in [-0.3, -0.25) is 0 Å². The molecule has 0 amide bonds. The molecular weight excluding hydrogens is 496 g/mol. The normalized spacial score (nSPS) is 18.8. The van der Waals surface area contributed by atoms with Crippen LogP contribution in [0.5, 0.6) is 0 Å². The molecule has 0 radical (unpaired) electrons. The number of rotatable bonds is 4. The van der Waals surface area contributed by atoms with Crippen molar-refractivity contribution in [3.63, 3.8) is 0 Å². The van der Waals surface area contributed by atoms with E-state index in [2.05, 4.69) is 139 Å². The molecule has 0 saturated carbocycles. The number of nitrogens with zero attached hydrogens (tertiary/aromatic N) is 2. The number of hydrogen-bond donors (Lipinski definition) is 0. The number of methoxy groups -OCH3 is 1. The van der Waals surface area contributed by atoms with Crippen LogP contribution in [0.3, 0.4) is 0 Å². The number of benzene rings is 3. The molecular formula is C31H31BrN2O. The average molecular weight is 528 g/mol. The van der Waals surface area contributed by atoms with Gasteiger partial charge in [-0.2, -0.15) is 0 Å². The Hall–Kier alpha value is -3.08. The van der Waals surface area contributed by atoms with Crippen LogP contribution in [0.2, 0.25) is 0 Å². The number of allylic oxidation sites excluding steroid dienone is 2.